The zero-order chi connectivity index (χ0) is 19.4. The second-order valence-corrected chi connectivity index (χ2v) is 5.60. The van der Waals surface area contributed by atoms with Gasteiger partial charge in [0.05, 0.1) is 12.0 Å². The van der Waals surface area contributed by atoms with E-state index in [1.54, 1.807) is 18.2 Å². The lowest BCUT2D eigenvalue weighted by Gasteiger charge is -2.11. The van der Waals surface area contributed by atoms with Crippen molar-refractivity contribution < 1.29 is 33.4 Å². The highest BCUT2D eigenvalue weighted by atomic mass is 16.6. The van der Waals surface area contributed by atoms with Crippen LogP contribution in [0.4, 0.5) is 4.79 Å². The summed E-state index contributed by atoms with van der Waals surface area (Å²) in [5.41, 5.74) is 0.0977. The molecule has 1 saturated heterocycles. The Bertz CT molecular complexity index is 936. The van der Waals surface area contributed by atoms with Crippen LogP contribution in [0.25, 0.3) is 0 Å². The molecule has 2 aromatic rings. The minimum absolute atomic E-state index is 0.105. The molecule has 0 aromatic heterocycles. The van der Waals surface area contributed by atoms with Crippen LogP contribution in [0.2, 0.25) is 0 Å². The van der Waals surface area contributed by atoms with Gasteiger partial charge in [-0.3, -0.25) is 14.4 Å². The van der Waals surface area contributed by atoms with E-state index in [0.29, 0.717) is 0 Å². The van der Waals surface area contributed by atoms with Crippen molar-refractivity contribution in [3.05, 3.63) is 65.7 Å². The number of carbonyl (C=O) groups excluding carboxylic acids is 5. The number of ketones is 2. The fourth-order valence-electron chi connectivity index (χ4n) is 2.44. The van der Waals surface area contributed by atoms with Gasteiger partial charge in [0, 0.05) is 5.56 Å². The molecule has 0 radical (unpaired) electrons. The predicted molar refractivity (Wildman–Crippen MR) is 90.2 cm³/mol. The number of rotatable bonds is 5. The van der Waals surface area contributed by atoms with Crippen LogP contribution >= 0.6 is 0 Å². The summed E-state index contributed by atoms with van der Waals surface area (Å²) in [6.45, 7) is 0. The van der Waals surface area contributed by atoms with Crippen LogP contribution in [0.15, 0.2) is 54.6 Å². The summed E-state index contributed by atoms with van der Waals surface area (Å²) in [5, 5.41) is 2.18. The Balaban J connectivity index is 1.75. The van der Waals surface area contributed by atoms with Crippen molar-refractivity contribution in [1.29, 1.82) is 0 Å². The largest absolute Gasteiger partial charge is 0.413 e. The van der Waals surface area contributed by atoms with Crippen LogP contribution < -0.4 is 10.1 Å². The van der Waals surface area contributed by atoms with Crippen LogP contribution in [0.1, 0.15) is 27.1 Å². The van der Waals surface area contributed by atoms with Gasteiger partial charge >= 0.3 is 18.0 Å². The van der Waals surface area contributed by atoms with Gasteiger partial charge in [-0.05, 0) is 12.1 Å². The number of esters is 2. The van der Waals surface area contributed by atoms with Crippen molar-refractivity contribution in [1.82, 2.24) is 5.32 Å². The van der Waals surface area contributed by atoms with Gasteiger partial charge in [0.1, 0.15) is 11.8 Å². The Morgan fingerprint density at radius 3 is 2.26 bits per heavy atom. The van der Waals surface area contributed by atoms with Gasteiger partial charge in [0.2, 0.25) is 11.6 Å². The minimum Gasteiger partial charge on any atom is -0.410 e. The van der Waals surface area contributed by atoms with Crippen LogP contribution in [-0.4, -0.2) is 35.6 Å². The molecule has 0 spiro atoms. The Labute approximate surface area is 153 Å². The van der Waals surface area contributed by atoms with Gasteiger partial charge in [-0.15, -0.1) is 0 Å². The lowest BCUT2D eigenvalue weighted by molar-refractivity contribution is -0.152. The molecular weight excluding hydrogens is 354 g/mol. The van der Waals surface area contributed by atoms with Gasteiger partial charge in [-0.2, -0.15) is 0 Å². The predicted octanol–water partition coefficient (Wildman–Crippen LogP) is 1.68. The number of ether oxygens (including phenoxy) is 2. The Morgan fingerprint density at radius 2 is 1.59 bits per heavy atom. The highest BCUT2D eigenvalue weighted by molar-refractivity contribution is 6.49. The van der Waals surface area contributed by atoms with Gasteiger partial charge in [0.15, 0.2) is 0 Å². The second-order valence-electron chi connectivity index (χ2n) is 5.60. The summed E-state index contributed by atoms with van der Waals surface area (Å²) in [5.74, 6) is -3.39. The molecule has 0 saturated carbocycles. The second kappa shape index (κ2) is 7.61. The van der Waals surface area contributed by atoms with E-state index in [1.165, 1.54) is 36.4 Å². The Hall–Kier alpha value is -3.81. The maximum absolute atomic E-state index is 12.5. The van der Waals surface area contributed by atoms with Crippen LogP contribution in [0, 0.1) is 0 Å². The number of carbonyl (C=O) groups is 5. The van der Waals surface area contributed by atoms with Crippen molar-refractivity contribution in [2.75, 3.05) is 0 Å². The highest BCUT2D eigenvalue weighted by Crippen LogP contribution is 2.21. The Kier molecular flexibility index (Phi) is 5.07. The molecule has 0 bridgehead atoms. The lowest BCUT2D eigenvalue weighted by Crippen LogP contribution is -2.39. The summed E-state index contributed by atoms with van der Waals surface area (Å²) < 4.78 is 9.38. The highest BCUT2D eigenvalue weighted by Gasteiger charge is 2.35. The number of para-hydroxylation sites is 1. The molecule has 27 heavy (non-hydrogen) atoms. The van der Waals surface area contributed by atoms with Crippen molar-refractivity contribution in [2.45, 2.75) is 12.5 Å². The number of amides is 1. The average molecular weight is 367 g/mol. The zero-order valence-electron chi connectivity index (χ0n) is 13.8. The lowest BCUT2D eigenvalue weighted by atomic mass is 10.0. The molecule has 8 nitrogen and oxygen atoms in total. The molecule has 2 aromatic carbocycles. The third-order valence-electron chi connectivity index (χ3n) is 3.74. The third-order valence-corrected chi connectivity index (χ3v) is 3.74. The fourth-order valence-corrected chi connectivity index (χ4v) is 2.44. The van der Waals surface area contributed by atoms with Crippen molar-refractivity contribution in [3.63, 3.8) is 0 Å². The normalized spacial score (nSPS) is 15.8. The SMILES string of the molecule is O=C1C[C@H](NC(=O)Oc2ccccc2C(=O)C(=O)c2ccccc2)C(=O)O1. The molecule has 1 atom stereocenters. The smallest absolute Gasteiger partial charge is 0.410 e. The average Bonchev–Trinajstić information content (AvgIpc) is 2.98. The van der Waals surface area contributed by atoms with Gasteiger partial charge < -0.3 is 14.8 Å². The molecule has 0 aliphatic carbocycles. The van der Waals surface area contributed by atoms with Crippen molar-refractivity contribution in [2.24, 2.45) is 0 Å². The third kappa shape index (κ3) is 4.06. The molecule has 0 unspecified atom stereocenters. The topological polar surface area (TPSA) is 116 Å². The molecule has 1 heterocycles. The van der Waals surface area contributed by atoms with E-state index in [2.05, 4.69) is 10.1 Å². The zero-order valence-corrected chi connectivity index (χ0v) is 13.8. The van der Waals surface area contributed by atoms with Crippen LogP contribution in [-0.2, 0) is 14.3 Å². The van der Waals surface area contributed by atoms with Crippen molar-refractivity contribution in [3.8, 4) is 5.75 Å². The first-order valence-corrected chi connectivity index (χ1v) is 7.91. The number of Topliss-reactive ketones (excluding diaryl/α,β-unsaturated/α-hetero) is 2. The van der Waals surface area contributed by atoms with Crippen LogP contribution in [0.5, 0.6) is 5.75 Å². The van der Waals surface area contributed by atoms with E-state index in [0.717, 1.165) is 0 Å². The number of nitrogens with one attached hydrogen (secondary N) is 1. The molecule has 1 N–H and O–H groups in total. The molecule has 3 rings (SSSR count). The summed E-state index contributed by atoms with van der Waals surface area (Å²) >= 11 is 0. The van der Waals surface area contributed by atoms with E-state index in [1.807, 2.05) is 0 Å². The maximum Gasteiger partial charge on any atom is 0.413 e. The van der Waals surface area contributed by atoms with E-state index >= 15 is 0 Å². The summed E-state index contributed by atoms with van der Waals surface area (Å²) in [7, 11) is 0. The molecule has 8 heteroatoms. The standard InChI is InChI=1S/C19H13NO7/c21-15-10-13(18(24)27-15)20-19(25)26-14-9-5-4-8-12(14)17(23)16(22)11-6-2-1-3-7-11/h1-9,13H,10H2,(H,20,25)/t13-/m0/s1. The quantitative estimate of drug-likeness (QED) is 0.370. The number of hydrogen-bond acceptors (Lipinski definition) is 7. The molecule has 1 amide bonds. The molecular formula is C19H13NO7. The van der Waals surface area contributed by atoms with Gasteiger partial charge in [0.25, 0.3) is 0 Å². The van der Waals surface area contributed by atoms with E-state index < -0.39 is 35.6 Å². The van der Waals surface area contributed by atoms with E-state index in [-0.39, 0.29) is 23.3 Å². The van der Waals surface area contributed by atoms with Gasteiger partial charge in [-0.25, -0.2) is 9.59 Å². The first-order chi connectivity index (χ1) is 13.0. The van der Waals surface area contributed by atoms with Crippen LogP contribution in [0.3, 0.4) is 0 Å². The van der Waals surface area contributed by atoms with Crippen molar-refractivity contribution >= 4 is 29.6 Å². The molecule has 1 fully saturated rings. The first-order valence-electron chi connectivity index (χ1n) is 7.91. The Morgan fingerprint density at radius 1 is 0.926 bits per heavy atom. The first kappa shape index (κ1) is 18.0. The summed E-state index contributed by atoms with van der Waals surface area (Å²) in [6, 6.07) is 12.5. The van der Waals surface area contributed by atoms with E-state index in [4.69, 9.17) is 4.74 Å². The van der Waals surface area contributed by atoms with Gasteiger partial charge in [-0.1, -0.05) is 42.5 Å². The summed E-state index contributed by atoms with van der Waals surface area (Å²) in [6.07, 6.45) is -1.36. The molecule has 1 aliphatic rings. The number of hydrogen-bond donors (Lipinski definition) is 1. The summed E-state index contributed by atoms with van der Waals surface area (Å²) in [4.78, 5) is 59.3. The number of benzene rings is 2. The molecule has 1 aliphatic heterocycles. The fraction of sp³-hybridized carbons (Fsp3) is 0.105. The number of cyclic esters (lactones) is 2. The van der Waals surface area contributed by atoms with E-state index in [9.17, 15) is 24.0 Å². The monoisotopic (exact) mass is 367 g/mol. The molecule has 136 valence electrons. The maximum atomic E-state index is 12.5. The minimum atomic E-state index is -1.15.